The van der Waals surface area contributed by atoms with Crippen LogP contribution in [0.5, 0.6) is 0 Å². The molecule has 0 bridgehead atoms. The van der Waals surface area contributed by atoms with Gasteiger partial charge in [0.2, 0.25) is 0 Å². The Hall–Kier alpha value is -1.11. The summed E-state index contributed by atoms with van der Waals surface area (Å²) >= 11 is 2.18. The number of piperidine rings is 1. The van der Waals surface area contributed by atoms with Gasteiger partial charge in [-0.15, -0.1) is 0 Å². The molecule has 1 saturated heterocycles. The second-order valence-corrected chi connectivity index (χ2v) is 6.31. The number of carboxylic acids is 1. The number of hydrogen-bond donors (Lipinski definition) is 1. The number of aliphatic carboxylic acids is 1. The first-order valence-corrected chi connectivity index (χ1v) is 7.91. The van der Waals surface area contributed by atoms with E-state index in [1.54, 1.807) is 0 Å². The van der Waals surface area contributed by atoms with Crippen LogP contribution < -0.4 is 0 Å². The van der Waals surface area contributed by atoms with Crippen molar-refractivity contribution in [1.82, 2.24) is 4.90 Å². The second kappa shape index (κ2) is 7.06. The van der Waals surface area contributed by atoms with E-state index in [1.807, 2.05) is 29.2 Å². The highest BCUT2D eigenvalue weighted by molar-refractivity contribution is 14.1. The summed E-state index contributed by atoms with van der Waals surface area (Å²) in [5.41, 5.74) is 0.761. The van der Waals surface area contributed by atoms with Gasteiger partial charge in [-0.25, -0.2) is 0 Å². The zero-order valence-electron chi connectivity index (χ0n) is 11.2. The van der Waals surface area contributed by atoms with Gasteiger partial charge in [0, 0.05) is 23.1 Å². The van der Waals surface area contributed by atoms with Gasteiger partial charge in [0.25, 0.3) is 5.91 Å². The molecule has 4 nitrogen and oxygen atoms in total. The summed E-state index contributed by atoms with van der Waals surface area (Å²) in [6.07, 6.45) is 2.76. The van der Waals surface area contributed by atoms with Crippen LogP contribution in [0.3, 0.4) is 0 Å². The lowest BCUT2D eigenvalue weighted by molar-refractivity contribution is -0.137. The number of amides is 1. The maximum absolute atomic E-state index is 12.4. The van der Waals surface area contributed by atoms with E-state index in [0.29, 0.717) is 5.92 Å². The van der Waals surface area contributed by atoms with Crippen LogP contribution in [0.1, 0.15) is 36.0 Å². The van der Waals surface area contributed by atoms with Crippen LogP contribution in [0.2, 0.25) is 0 Å². The molecule has 1 aromatic carbocycles. The summed E-state index contributed by atoms with van der Waals surface area (Å²) < 4.78 is 0.975. The average molecular weight is 387 g/mol. The van der Waals surface area contributed by atoms with Crippen molar-refractivity contribution < 1.29 is 14.7 Å². The minimum absolute atomic E-state index is 0.0895. The fraction of sp³-hybridized carbons (Fsp3) is 0.467. The van der Waals surface area contributed by atoms with E-state index in [9.17, 15) is 9.59 Å². The molecule has 1 aliphatic heterocycles. The number of rotatable bonds is 4. The second-order valence-electron chi connectivity index (χ2n) is 5.15. The highest BCUT2D eigenvalue weighted by Gasteiger charge is 2.24. The molecule has 1 fully saturated rings. The van der Waals surface area contributed by atoms with E-state index in [-0.39, 0.29) is 12.3 Å². The number of halogens is 1. The molecular weight excluding hydrogens is 369 g/mol. The van der Waals surface area contributed by atoms with Crippen LogP contribution in [-0.4, -0.2) is 35.0 Å². The van der Waals surface area contributed by atoms with Gasteiger partial charge in [0.05, 0.1) is 5.56 Å². The van der Waals surface area contributed by atoms with Crippen LogP contribution >= 0.6 is 22.6 Å². The van der Waals surface area contributed by atoms with Crippen molar-refractivity contribution in [3.63, 3.8) is 0 Å². The normalized spacial score (nSPS) is 16.1. The highest BCUT2D eigenvalue weighted by atomic mass is 127. The Labute approximate surface area is 132 Å². The molecule has 0 saturated carbocycles. The Balaban J connectivity index is 1.89. The summed E-state index contributed by atoms with van der Waals surface area (Å²) in [4.78, 5) is 24.9. The molecule has 0 aliphatic carbocycles. The molecule has 0 aromatic heterocycles. The summed E-state index contributed by atoms with van der Waals surface area (Å²) in [7, 11) is 0. The molecule has 0 spiro atoms. The topological polar surface area (TPSA) is 57.6 Å². The Morgan fingerprint density at radius 2 is 1.90 bits per heavy atom. The summed E-state index contributed by atoms with van der Waals surface area (Å²) in [6, 6.07) is 7.61. The molecule has 1 N–H and O–H groups in total. The average Bonchev–Trinajstić information content (AvgIpc) is 2.45. The standard InChI is InChI=1S/C15H18INO3/c16-13-4-2-1-3-12(13)15(20)17-9-7-11(8-10-17)5-6-14(18)19/h1-4,11H,5-10H2,(H,18,19). The smallest absolute Gasteiger partial charge is 0.303 e. The minimum atomic E-state index is -0.734. The van der Waals surface area contributed by atoms with Gasteiger partial charge in [-0.1, -0.05) is 12.1 Å². The molecule has 20 heavy (non-hydrogen) atoms. The third-order valence-corrected chi connectivity index (χ3v) is 4.71. The van der Waals surface area contributed by atoms with Gasteiger partial charge < -0.3 is 10.0 Å². The number of carboxylic acid groups (broad SMARTS) is 1. The number of hydrogen-bond acceptors (Lipinski definition) is 2. The number of benzene rings is 1. The molecular formula is C15H18INO3. The van der Waals surface area contributed by atoms with Crippen molar-refractivity contribution >= 4 is 34.5 Å². The molecule has 1 aromatic rings. The predicted octanol–water partition coefficient (Wildman–Crippen LogP) is 3.01. The summed E-state index contributed by atoms with van der Waals surface area (Å²) in [5.74, 6) is -0.209. The van der Waals surface area contributed by atoms with E-state index in [0.717, 1.165) is 41.5 Å². The molecule has 2 rings (SSSR count). The number of carbonyl (C=O) groups excluding carboxylic acids is 1. The molecule has 0 radical (unpaired) electrons. The fourth-order valence-electron chi connectivity index (χ4n) is 2.56. The third-order valence-electron chi connectivity index (χ3n) is 3.77. The lowest BCUT2D eigenvalue weighted by Gasteiger charge is -2.32. The molecule has 0 atom stereocenters. The van der Waals surface area contributed by atoms with E-state index < -0.39 is 5.97 Å². The van der Waals surface area contributed by atoms with Crippen molar-refractivity contribution in [1.29, 1.82) is 0 Å². The van der Waals surface area contributed by atoms with Crippen molar-refractivity contribution in [2.45, 2.75) is 25.7 Å². The van der Waals surface area contributed by atoms with Crippen molar-refractivity contribution in [2.75, 3.05) is 13.1 Å². The first-order chi connectivity index (χ1) is 9.58. The van der Waals surface area contributed by atoms with E-state index in [1.165, 1.54) is 0 Å². The number of likely N-dealkylation sites (tertiary alicyclic amines) is 1. The Morgan fingerprint density at radius 1 is 1.25 bits per heavy atom. The Morgan fingerprint density at radius 3 is 2.50 bits per heavy atom. The van der Waals surface area contributed by atoms with E-state index in [2.05, 4.69) is 22.6 Å². The number of nitrogens with zero attached hydrogens (tertiary/aromatic N) is 1. The fourth-order valence-corrected chi connectivity index (χ4v) is 3.18. The van der Waals surface area contributed by atoms with Crippen LogP contribution in [0.4, 0.5) is 0 Å². The van der Waals surface area contributed by atoms with Gasteiger partial charge in [-0.3, -0.25) is 9.59 Å². The predicted molar refractivity (Wildman–Crippen MR) is 84.7 cm³/mol. The maximum Gasteiger partial charge on any atom is 0.303 e. The highest BCUT2D eigenvalue weighted by Crippen LogP contribution is 2.24. The van der Waals surface area contributed by atoms with Crippen molar-refractivity contribution in [3.8, 4) is 0 Å². The largest absolute Gasteiger partial charge is 0.481 e. The maximum atomic E-state index is 12.4. The molecule has 1 aliphatic rings. The molecule has 1 heterocycles. The zero-order chi connectivity index (χ0) is 14.5. The molecule has 108 valence electrons. The monoisotopic (exact) mass is 387 g/mol. The van der Waals surface area contributed by atoms with Gasteiger partial charge in [-0.05, 0) is 59.9 Å². The van der Waals surface area contributed by atoms with Crippen LogP contribution in [0.25, 0.3) is 0 Å². The lowest BCUT2D eigenvalue weighted by Crippen LogP contribution is -2.38. The van der Waals surface area contributed by atoms with Gasteiger partial charge in [0.15, 0.2) is 0 Å². The molecule has 1 amide bonds. The quantitative estimate of drug-likeness (QED) is 0.809. The lowest BCUT2D eigenvalue weighted by atomic mass is 9.92. The third kappa shape index (κ3) is 3.94. The van der Waals surface area contributed by atoms with Crippen LogP contribution in [0.15, 0.2) is 24.3 Å². The van der Waals surface area contributed by atoms with E-state index in [4.69, 9.17) is 5.11 Å². The molecule has 0 unspecified atom stereocenters. The summed E-state index contributed by atoms with van der Waals surface area (Å²) in [5, 5.41) is 8.70. The first kappa shape index (κ1) is 15.3. The number of carbonyl (C=O) groups is 2. The van der Waals surface area contributed by atoms with E-state index >= 15 is 0 Å². The van der Waals surface area contributed by atoms with Gasteiger partial charge in [0.1, 0.15) is 0 Å². The SMILES string of the molecule is O=C(O)CCC1CCN(C(=O)c2ccccc2I)CC1. The van der Waals surface area contributed by atoms with Gasteiger partial charge in [-0.2, -0.15) is 0 Å². The Kier molecular flexibility index (Phi) is 5.39. The Bertz CT molecular complexity index is 496. The minimum Gasteiger partial charge on any atom is -0.481 e. The van der Waals surface area contributed by atoms with Gasteiger partial charge >= 0.3 is 5.97 Å². The van der Waals surface area contributed by atoms with Crippen LogP contribution in [0, 0.1) is 9.49 Å². The van der Waals surface area contributed by atoms with Crippen LogP contribution in [-0.2, 0) is 4.79 Å². The van der Waals surface area contributed by atoms with Crippen molar-refractivity contribution in [2.24, 2.45) is 5.92 Å². The van der Waals surface area contributed by atoms with Crippen molar-refractivity contribution in [3.05, 3.63) is 33.4 Å². The summed E-state index contributed by atoms with van der Waals surface area (Å²) in [6.45, 7) is 1.46. The molecule has 5 heteroatoms. The zero-order valence-corrected chi connectivity index (χ0v) is 13.4. The first-order valence-electron chi connectivity index (χ1n) is 6.83.